The minimum atomic E-state index is -1.02. The molecule has 5 nitrogen and oxygen atoms in total. The van der Waals surface area contributed by atoms with E-state index in [1.165, 1.54) is 0 Å². The Bertz CT molecular complexity index is 379. The average Bonchev–Trinajstić information content (AvgIpc) is 2.26. The molecule has 0 fully saturated rings. The maximum atomic E-state index is 10.5. The second-order valence-electron chi connectivity index (χ2n) is 3.51. The lowest BCUT2D eigenvalue weighted by molar-refractivity contribution is -0.138. The highest BCUT2D eigenvalue weighted by Gasteiger charge is 2.11. The summed E-state index contributed by atoms with van der Waals surface area (Å²) in [6.45, 7) is 2.11. The molecule has 0 radical (unpaired) electrons. The van der Waals surface area contributed by atoms with E-state index in [4.69, 9.17) is 15.6 Å². The highest BCUT2D eigenvalue weighted by molar-refractivity contribution is 5.74. The molecule has 1 aromatic carbocycles. The van der Waals surface area contributed by atoms with Crippen LogP contribution in [0.25, 0.3) is 0 Å². The largest absolute Gasteiger partial charge is 0.497 e. The van der Waals surface area contributed by atoms with E-state index >= 15 is 0 Å². The van der Waals surface area contributed by atoms with Crippen LogP contribution in [0, 0.1) is 6.92 Å². The summed E-state index contributed by atoms with van der Waals surface area (Å²) >= 11 is 0. The van der Waals surface area contributed by atoms with Gasteiger partial charge in [0.05, 0.1) is 7.11 Å². The average molecular weight is 224 g/mol. The number of ether oxygens (including phenoxy) is 1. The minimum Gasteiger partial charge on any atom is -0.497 e. The van der Waals surface area contributed by atoms with Gasteiger partial charge in [0.2, 0.25) is 0 Å². The van der Waals surface area contributed by atoms with Gasteiger partial charge in [-0.15, -0.1) is 0 Å². The molecule has 0 saturated heterocycles. The summed E-state index contributed by atoms with van der Waals surface area (Å²) in [6.07, 6.45) is 0. The molecule has 5 heteroatoms. The van der Waals surface area contributed by atoms with Crippen molar-refractivity contribution in [2.24, 2.45) is 5.73 Å². The topological polar surface area (TPSA) is 84.6 Å². The van der Waals surface area contributed by atoms with E-state index in [9.17, 15) is 4.79 Å². The van der Waals surface area contributed by atoms with Gasteiger partial charge in [-0.25, -0.2) is 0 Å². The van der Waals surface area contributed by atoms with Gasteiger partial charge >= 0.3 is 5.97 Å². The smallest absolute Gasteiger partial charge is 0.322 e. The number of carbonyl (C=O) groups is 1. The van der Waals surface area contributed by atoms with E-state index in [1.807, 2.05) is 25.1 Å². The molecule has 0 heterocycles. The summed E-state index contributed by atoms with van der Waals surface area (Å²) in [6, 6.07) is 4.61. The van der Waals surface area contributed by atoms with Crippen molar-refractivity contribution in [3.05, 3.63) is 23.8 Å². The number of aryl methyl sites for hydroxylation is 1. The van der Waals surface area contributed by atoms with Gasteiger partial charge in [-0.2, -0.15) is 0 Å². The molecule has 16 heavy (non-hydrogen) atoms. The number of methoxy groups -OCH3 is 1. The van der Waals surface area contributed by atoms with Crippen molar-refractivity contribution in [3.63, 3.8) is 0 Å². The molecular weight excluding hydrogens is 208 g/mol. The van der Waals surface area contributed by atoms with Crippen molar-refractivity contribution in [3.8, 4) is 5.75 Å². The number of rotatable bonds is 5. The van der Waals surface area contributed by atoms with Crippen LogP contribution in [-0.2, 0) is 4.79 Å². The van der Waals surface area contributed by atoms with E-state index in [0.29, 0.717) is 0 Å². The first-order valence-electron chi connectivity index (χ1n) is 4.91. The Hall–Kier alpha value is -1.75. The zero-order valence-corrected chi connectivity index (χ0v) is 9.36. The van der Waals surface area contributed by atoms with E-state index in [-0.39, 0.29) is 6.54 Å². The number of nitrogens with two attached hydrogens (primary N) is 1. The Kier molecular flexibility index (Phi) is 4.13. The number of aliphatic carboxylic acids is 1. The van der Waals surface area contributed by atoms with Gasteiger partial charge < -0.3 is 20.9 Å². The minimum absolute atomic E-state index is 0.197. The lowest BCUT2D eigenvalue weighted by Crippen LogP contribution is -2.37. The maximum Gasteiger partial charge on any atom is 0.322 e. The zero-order valence-electron chi connectivity index (χ0n) is 9.36. The molecule has 1 atom stereocenters. The molecular formula is C11H16N2O3. The fourth-order valence-electron chi connectivity index (χ4n) is 1.27. The molecule has 0 saturated carbocycles. The van der Waals surface area contributed by atoms with Gasteiger partial charge in [0.25, 0.3) is 0 Å². The van der Waals surface area contributed by atoms with E-state index in [1.54, 1.807) is 7.11 Å². The highest BCUT2D eigenvalue weighted by atomic mass is 16.5. The summed E-state index contributed by atoms with van der Waals surface area (Å²) in [7, 11) is 1.60. The van der Waals surface area contributed by atoms with Crippen LogP contribution < -0.4 is 15.8 Å². The number of carboxylic acid groups (broad SMARTS) is 1. The lowest BCUT2D eigenvalue weighted by atomic mass is 10.2. The Morgan fingerprint density at radius 2 is 2.31 bits per heavy atom. The van der Waals surface area contributed by atoms with Crippen LogP contribution in [0.3, 0.4) is 0 Å². The molecule has 1 unspecified atom stereocenters. The van der Waals surface area contributed by atoms with Gasteiger partial charge in [-0.05, 0) is 30.7 Å². The van der Waals surface area contributed by atoms with Gasteiger partial charge in [-0.3, -0.25) is 4.79 Å². The molecule has 0 aromatic heterocycles. The van der Waals surface area contributed by atoms with Gasteiger partial charge in [0.1, 0.15) is 11.8 Å². The Morgan fingerprint density at radius 3 is 2.81 bits per heavy atom. The number of benzene rings is 1. The summed E-state index contributed by atoms with van der Waals surface area (Å²) in [5.74, 6) is -0.246. The summed E-state index contributed by atoms with van der Waals surface area (Å²) in [4.78, 5) is 10.5. The molecule has 0 aliphatic carbocycles. The van der Waals surface area contributed by atoms with Crippen LogP contribution in [0.1, 0.15) is 5.56 Å². The van der Waals surface area contributed by atoms with Crippen LogP contribution in [0.2, 0.25) is 0 Å². The number of nitrogens with one attached hydrogen (secondary N) is 1. The van der Waals surface area contributed by atoms with Crippen LogP contribution in [0.15, 0.2) is 18.2 Å². The second kappa shape index (κ2) is 5.37. The quantitative estimate of drug-likeness (QED) is 0.689. The number of hydrogen-bond donors (Lipinski definition) is 3. The van der Waals surface area contributed by atoms with Crippen molar-refractivity contribution in [1.29, 1.82) is 0 Å². The second-order valence-corrected chi connectivity index (χ2v) is 3.51. The van der Waals surface area contributed by atoms with Crippen LogP contribution in [0.4, 0.5) is 5.69 Å². The van der Waals surface area contributed by atoms with E-state index < -0.39 is 12.0 Å². The van der Waals surface area contributed by atoms with Crippen LogP contribution in [0.5, 0.6) is 5.75 Å². The number of carboxylic acids is 1. The first-order valence-corrected chi connectivity index (χ1v) is 4.91. The lowest BCUT2D eigenvalue weighted by Gasteiger charge is -2.12. The molecule has 88 valence electrons. The Labute approximate surface area is 94.2 Å². The molecule has 0 bridgehead atoms. The van der Waals surface area contributed by atoms with Crippen LogP contribution in [-0.4, -0.2) is 30.8 Å². The first kappa shape index (κ1) is 12.3. The highest BCUT2D eigenvalue weighted by Crippen LogP contribution is 2.20. The van der Waals surface area contributed by atoms with Crippen molar-refractivity contribution in [2.75, 3.05) is 19.0 Å². The first-order chi connectivity index (χ1) is 7.54. The Balaban J connectivity index is 2.64. The summed E-state index contributed by atoms with van der Waals surface area (Å²) in [5, 5.41) is 11.6. The molecule has 0 aliphatic heterocycles. The number of hydrogen-bond acceptors (Lipinski definition) is 4. The standard InChI is InChI=1S/C11H16N2O3/c1-7-5-8(16-2)3-4-10(7)13-6-9(12)11(14)15/h3-5,9,13H,6,12H2,1-2H3,(H,14,15). The molecule has 1 rings (SSSR count). The summed E-state index contributed by atoms with van der Waals surface area (Å²) < 4.78 is 5.07. The van der Waals surface area contributed by atoms with Gasteiger partial charge in [0, 0.05) is 12.2 Å². The fraction of sp³-hybridized carbons (Fsp3) is 0.364. The van der Waals surface area contributed by atoms with Crippen LogP contribution >= 0.6 is 0 Å². The maximum absolute atomic E-state index is 10.5. The van der Waals surface area contributed by atoms with E-state index in [0.717, 1.165) is 17.0 Å². The molecule has 4 N–H and O–H groups in total. The molecule has 0 aliphatic rings. The predicted molar refractivity (Wildman–Crippen MR) is 61.8 cm³/mol. The zero-order chi connectivity index (χ0) is 12.1. The SMILES string of the molecule is COc1ccc(NCC(N)C(=O)O)c(C)c1. The third kappa shape index (κ3) is 3.13. The van der Waals surface area contributed by atoms with Crippen molar-refractivity contribution in [1.82, 2.24) is 0 Å². The normalized spacial score (nSPS) is 11.9. The van der Waals surface area contributed by atoms with E-state index in [2.05, 4.69) is 5.32 Å². The summed E-state index contributed by atoms with van der Waals surface area (Å²) in [5.41, 5.74) is 7.23. The van der Waals surface area contributed by atoms with Gasteiger partial charge in [-0.1, -0.05) is 0 Å². The molecule has 0 spiro atoms. The van der Waals surface area contributed by atoms with Crippen molar-refractivity contribution < 1.29 is 14.6 Å². The van der Waals surface area contributed by atoms with Crippen molar-refractivity contribution >= 4 is 11.7 Å². The molecule has 0 amide bonds. The monoisotopic (exact) mass is 224 g/mol. The third-order valence-corrected chi connectivity index (χ3v) is 2.26. The predicted octanol–water partition coefficient (Wildman–Crippen LogP) is 0.827. The van der Waals surface area contributed by atoms with Crippen molar-refractivity contribution in [2.45, 2.75) is 13.0 Å². The molecule has 1 aromatic rings. The third-order valence-electron chi connectivity index (χ3n) is 2.26. The van der Waals surface area contributed by atoms with Gasteiger partial charge in [0.15, 0.2) is 0 Å². The fourth-order valence-corrected chi connectivity index (χ4v) is 1.27. The number of anilines is 1. The Morgan fingerprint density at radius 1 is 1.62 bits per heavy atom.